The third kappa shape index (κ3) is 10.2. The molecule has 0 amide bonds. The van der Waals surface area contributed by atoms with Gasteiger partial charge in [0.25, 0.3) is 5.97 Å². The molecule has 0 rings (SSSR count). The van der Waals surface area contributed by atoms with Crippen LogP contribution in [-0.2, 0) is 4.74 Å². The molecule has 0 saturated heterocycles. The van der Waals surface area contributed by atoms with Gasteiger partial charge in [-0.25, -0.2) is 0 Å². The van der Waals surface area contributed by atoms with Gasteiger partial charge >= 0.3 is 0 Å². The third-order valence-corrected chi connectivity index (χ3v) is 2.41. The van der Waals surface area contributed by atoms with Crippen molar-refractivity contribution < 1.29 is 14.9 Å². The lowest BCUT2D eigenvalue weighted by Gasteiger charge is -2.20. The van der Waals surface area contributed by atoms with Gasteiger partial charge in [-0.3, -0.25) is 0 Å². The number of aliphatic hydroxyl groups is 2. The first-order valence-electron chi connectivity index (χ1n) is 6.21. The zero-order valence-corrected chi connectivity index (χ0v) is 10.2. The number of unbranched alkanes of at least 4 members (excludes halogenated alkanes) is 5. The van der Waals surface area contributed by atoms with Gasteiger partial charge in [-0.1, -0.05) is 46.0 Å². The standard InChI is InChI=1S/C12H26O3/c1-3-5-6-7-8-9-11-15-12(13,14)10-4-2/h13-14H,3-11H2,1-2H3. The molecule has 0 aliphatic carbocycles. The fourth-order valence-corrected chi connectivity index (χ4v) is 1.52. The number of hydrogen-bond acceptors (Lipinski definition) is 3. The Balaban J connectivity index is 3.22. The summed E-state index contributed by atoms with van der Waals surface area (Å²) in [5, 5.41) is 18.6. The van der Waals surface area contributed by atoms with Crippen LogP contribution in [0.25, 0.3) is 0 Å². The van der Waals surface area contributed by atoms with Crippen LogP contribution in [0.1, 0.15) is 65.2 Å². The highest BCUT2D eigenvalue weighted by Gasteiger charge is 2.21. The Morgan fingerprint density at radius 2 is 1.47 bits per heavy atom. The maximum absolute atomic E-state index is 9.29. The molecule has 0 bridgehead atoms. The van der Waals surface area contributed by atoms with Gasteiger partial charge in [-0.05, 0) is 12.8 Å². The predicted molar refractivity (Wildman–Crippen MR) is 61.4 cm³/mol. The van der Waals surface area contributed by atoms with Crippen LogP contribution in [-0.4, -0.2) is 22.8 Å². The Kier molecular flexibility index (Phi) is 9.06. The van der Waals surface area contributed by atoms with Gasteiger partial charge in [0.1, 0.15) is 0 Å². The first-order chi connectivity index (χ1) is 7.12. The second-order valence-electron chi connectivity index (χ2n) is 4.11. The number of rotatable bonds is 10. The van der Waals surface area contributed by atoms with Crippen LogP contribution in [0, 0.1) is 0 Å². The lowest BCUT2D eigenvalue weighted by Crippen LogP contribution is -2.31. The normalized spacial score (nSPS) is 12.0. The van der Waals surface area contributed by atoms with E-state index in [1.54, 1.807) is 0 Å². The van der Waals surface area contributed by atoms with Crippen LogP contribution < -0.4 is 0 Å². The third-order valence-electron chi connectivity index (χ3n) is 2.41. The Labute approximate surface area is 93.5 Å². The molecule has 15 heavy (non-hydrogen) atoms. The van der Waals surface area contributed by atoms with Crippen LogP contribution in [0.2, 0.25) is 0 Å². The van der Waals surface area contributed by atoms with Crippen LogP contribution in [0.5, 0.6) is 0 Å². The molecule has 92 valence electrons. The first kappa shape index (κ1) is 14.9. The van der Waals surface area contributed by atoms with E-state index < -0.39 is 5.97 Å². The summed E-state index contributed by atoms with van der Waals surface area (Å²) < 4.78 is 4.99. The summed E-state index contributed by atoms with van der Waals surface area (Å²) in [6.07, 6.45) is 8.05. The molecular weight excluding hydrogens is 192 g/mol. The predicted octanol–water partition coefficient (Wildman–Crippen LogP) is 2.80. The maximum atomic E-state index is 9.29. The van der Waals surface area contributed by atoms with E-state index in [1.165, 1.54) is 25.7 Å². The minimum atomic E-state index is -1.90. The fraction of sp³-hybridized carbons (Fsp3) is 1.00. The Hall–Kier alpha value is -0.120. The van der Waals surface area contributed by atoms with E-state index in [4.69, 9.17) is 4.74 Å². The van der Waals surface area contributed by atoms with Gasteiger partial charge in [-0.2, -0.15) is 0 Å². The summed E-state index contributed by atoms with van der Waals surface area (Å²) in [4.78, 5) is 0. The van der Waals surface area contributed by atoms with Gasteiger partial charge < -0.3 is 14.9 Å². The molecule has 0 aliphatic rings. The second kappa shape index (κ2) is 9.13. The zero-order valence-electron chi connectivity index (χ0n) is 10.2. The van der Waals surface area contributed by atoms with Crippen molar-refractivity contribution in [3.8, 4) is 0 Å². The highest BCUT2D eigenvalue weighted by atomic mass is 16.8. The molecule has 0 aliphatic heterocycles. The van der Waals surface area contributed by atoms with Crippen LogP contribution in [0.15, 0.2) is 0 Å². The van der Waals surface area contributed by atoms with Crippen molar-refractivity contribution in [3.63, 3.8) is 0 Å². The summed E-state index contributed by atoms with van der Waals surface area (Å²) in [6.45, 7) is 4.54. The first-order valence-corrected chi connectivity index (χ1v) is 6.21. The average molecular weight is 218 g/mol. The molecule has 0 radical (unpaired) electrons. The van der Waals surface area contributed by atoms with E-state index in [0.29, 0.717) is 13.0 Å². The van der Waals surface area contributed by atoms with Gasteiger partial charge in [0.15, 0.2) is 0 Å². The molecule has 0 spiro atoms. The monoisotopic (exact) mass is 218 g/mol. The molecule has 0 atom stereocenters. The minimum absolute atomic E-state index is 0.281. The van der Waals surface area contributed by atoms with E-state index in [1.807, 2.05) is 6.92 Å². The second-order valence-corrected chi connectivity index (χ2v) is 4.11. The van der Waals surface area contributed by atoms with Gasteiger partial charge in [0.05, 0.1) is 6.61 Å². The van der Waals surface area contributed by atoms with Crippen LogP contribution >= 0.6 is 0 Å². The molecule has 3 nitrogen and oxygen atoms in total. The Morgan fingerprint density at radius 3 is 2.07 bits per heavy atom. The lowest BCUT2D eigenvalue weighted by molar-refractivity contribution is -0.340. The van der Waals surface area contributed by atoms with Crippen molar-refractivity contribution in [1.29, 1.82) is 0 Å². The van der Waals surface area contributed by atoms with Crippen molar-refractivity contribution in [2.24, 2.45) is 0 Å². The van der Waals surface area contributed by atoms with Gasteiger partial charge in [0.2, 0.25) is 0 Å². The van der Waals surface area contributed by atoms with E-state index in [-0.39, 0.29) is 6.42 Å². The minimum Gasteiger partial charge on any atom is -0.343 e. The summed E-state index contributed by atoms with van der Waals surface area (Å²) in [7, 11) is 0. The summed E-state index contributed by atoms with van der Waals surface area (Å²) in [6, 6.07) is 0. The van der Waals surface area contributed by atoms with Gasteiger partial charge in [-0.15, -0.1) is 0 Å². The van der Waals surface area contributed by atoms with E-state index >= 15 is 0 Å². The molecule has 0 aromatic carbocycles. The average Bonchev–Trinajstić information content (AvgIpc) is 2.16. The molecule has 0 saturated carbocycles. The molecule has 3 heteroatoms. The van der Waals surface area contributed by atoms with Crippen molar-refractivity contribution in [2.45, 2.75) is 71.2 Å². The molecular formula is C12H26O3. The molecule has 0 unspecified atom stereocenters. The summed E-state index contributed by atoms with van der Waals surface area (Å²) >= 11 is 0. The molecule has 0 heterocycles. The zero-order chi connectivity index (χ0) is 11.6. The highest BCUT2D eigenvalue weighted by Crippen LogP contribution is 2.12. The topological polar surface area (TPSA) is 49.7 Å². The Morgan fingerprint density at radius 1 is 0.867 bits per heavy atom. The van der Waals surface area contributed by atoms with E-state index in [9.17, 15) is 10.2 Å². The van der Waals surface area contributed by atoms with Crippen LogP contribution in [0.4, 0.5) is 0 Å². The summed E-state index contributed by atoms with van der Waals surface area (Å²) in [5.41, 5.74) is 0. The van der Waals surface area contributed by atoms with Crippen molar-refractivity contribution in [1.82, 2.24) is 0 Å². The lowest BCUT2D eigenvalue weighted by atomic mass is 10.1. The largest absolute Gasteiger partial charge is 0.343 e. The number of hydrogen-bond donors (Lipinski definition) is 2. The quantitative estimate of drug-likeness (QED) is 0.438. The number of ether oxygens (including phenoxy) is 1. The van der Waals surface area contributed by atoms with Gasteiger partial charge in [0, 0.05) is 6.42 Å². The summed E-state index contributed by atoms with van der Waals surface area (Å²) in [5.74, 6) is -1.90. The molecule has 0 aromatic rings. The highest BCUT2D eigenvalue weighted by molar-refractivity contribution is 4.50. The Bertz CT molecular complexity index is 135. The van der Waals surface area contributed by atoms with Crippen LogP contribution in [0.3, 0.4) is 0 Å². The molecule has 0 fully saturated rings. The fourth-order valence-electron chi connectivity index (χ4n) is 1.52. The SMILES string of the molecule is CCCCCCCCOC(O)(O)CCC. The van der Waals surface area contributed by atoms with E-state index in [0.717, 1.165) is 12.8 Å². The van der Waals surface area contributed by atoms with E-state index in [2.05, 4.69) is 6.92 Å². The van der Waals surface area contributed by atoms with Crippen molar-refractivity contribution in [2.75, 3.05) is 6.61 Å². The maximum Gasteiger partial charge on any atom is 0.277 e. The smallest absolute Gasteiger partial charge is 0.277 e. The van der Waals surface area contributed by atoms with Crippen molar-refractivity contribution >= 4 is 0 Å². The molecule has 0 aromatic heterocycles. The molecule has 2 N–H and O–H groups in total. The van der Waals surface area contributed by atoms with Crippen molar-refractivity contribution in [3.05, 3.63) is 0 Å².